The Morgan fingerprint density at radius 3 is 2.59 bits per heavy atom. The molecule has 3 heterocycles. The second kappa shape index (κ2) is 9.03. The fraction of sp³-hybridized carbons (Fsp3) is 0.462. The van der Waals surface area contributed by atoms with Crippen molar-refractivity contribution in [3.05, 3.63) is 41.9 Å². The molecule has 0 spiro atoms. The molecule has 0 fully saturated rings. The maximum atomic E-state index is 13.8. The van der Waals surface area contributed by atoms with Crippen LogP contribution in [0.4, 0.5) is 5.69 Å². The van der Waals surface area contributed by atoms with Gasteiger partial charge in [0.15, 0.2) is 16.4 Å². The van der Waals surface area contributed by atoms with E-state index in [1.54, 1.807) is 45.9 Å². The van der Waals surface area contributed by atoms with Gasteiger partial charge in [-0.15, -0.1) is 5.92 Å². The van der Waals surface area contributed by atoms with E-state index in [9.17, 15) is 13.2 Å². The highest BCUT2D eigenvalue weighted by molar-refractivity contribution is 7.94. The summed E-state index contributed by atoms with van der Waals surface area (Å²) >= 11 is 0. The van der Waals surface area contributed by atoms with Crippen LogP contribution in [0.15, 0.2) is 35.6 Å². The van der Waals surface area contributed by atoms with Crippen molar-refractivity contribution in [2.24, 2.45) is 10.7 Å². The Labute approximate surface area is 217 Å². The summed E-state index contributed by atoms with van der Waals surface area (Å²) in [5.74, 6) is 5.74. The Balaban J connectivity index is 1.70. The van der Waals surface area contributed by atoms with E-state index >= 15 is 0 Å². The van der Waals surface area contributed by atoms with Crippen molar-refractivity contribution in [2.75, 3.05) is 11.9 Å². The first-order chi connectivity index (χ1) is 17.2. The molecule has 2 aliphatic rings. The molecule has 2 atom stereocenters. The average Bonchev–Trinajstić information content (AvgIpc) is 2.91. The number of benzene rings is 1. The van der Waals surface area contributed by atoms with Gasteiger partial charge in [0.2, 0.25) is 5.88 Å². The predicted molar refractivity (Wildman–Crippen MR) is 140 cm³/mol. The zero-order valence-corrected chi connectivity index (χ0v) is 22.6. The second-order valence-electron chi connectivity index (χ2n) is 10.4. The lowest BCUT2D eigenvalue weighted by atomic mass is 9.84. The van der Waals surface area contributed by atoms with Crippen LogP contribution in [0.25, 0.3) is 0 Å². The Kier molecular flexibility index (Phi) is 6.44. The van der Waals surface area contributed by atoms with Crippen LogP contribution in [0, 0.1) is 11.8 Å². The molecule has 196 valence electrons. The lowest BCUT2D eigenvalue weighted by Crippen LogP contribution is -2.60. The normalized spacial score (nSPS) is 24.5. The van der Waals surface area contributed by atoms with E-state index in [-0.39, 0.29) is 30.4 Å². The Bertz CT molecular complexity index is 1440. The highest BCUT2D eigenvalue weighted by atomic mass is 32.2. The molecule has 1 amide bonds. The highest BCUT2D eigenvalue weighted by Gasteiger charge is 2.59. The summed E-state index contributed by atoms with van der Waals surface area (Å²) in [6.45, 7) is 10.5. The number of hydrogen-bond donors (Lipinski definition) is 2. The molecule has 0 bridgehead atoms. The van der Waals surface area contributed by atoms with Gasteiger partial charge in [-0.05, 0) is 59.7 Å². The van der Waals surface area contributed by atoms with Gasteiger partial charge in [0.1, 0.15) is 33.2 Å². The molecule has 3 N–H and O–H groups in total. The maximum Gasteiger partial charge on any atom is 0.275 e. The number of ether oxygens (including phenoxy) is 2. The van der Waals surface area contributed by atoms with Crippen molar-refractivity contribution >= 4 is 27.3 Å². The van der Waals surface area contributed by atoms with E-state index in [4.69, 9.17) is 20.2 Å². The van der Waals surface area contributed by atoms with Crippen LogP contribution in [-0.2, 0) is 15.4 Å². The zero-order chi connectivity index (χ0) is 27.2. The summed E-state index contributed by atoms with van der Waals surface area (Å²) in [4.78, 5) is 25.8. The number of carbonyl (C=O) groups excluding carboxylic acids is 1. The van der Waals surface area contributed by atoms with Crippen molar-refractivity contribution in [1.29, 1.82) is 0 Å². The minimum atomic E-state index is -3.76. The monoisotopic (exact) mass is 525 g/mol. The summed E-state index contributed by atoms with van der Waals surface area (Å²) < 4.78 is 37.8. The predicted octanol–water partition coefficient (Wildman–Crippen LogP) is 2.84. The van der Waals surface area contributed by atoms with Crippen molar-refractivity contribution in [1.82, 2.24) is 9.97 Å². The lowest BCUT2D eigenvalue weighted by molar-refractivity contribution is 0.101. The van der Waals surface area contributed by atoms with Crippen LogP contribution < -0.4 is 20.5 Å². The van der Waals surface area contributed by atoms with Gasteiger partial charge < -0.3 is 20.5 Å². The molecule has 0 saturated carbocycles. The van der Waals surface area contributed by atoms with Crippen molar-refractivity contribution in [3.63, 3.8) is 0 Å². The number of aromatic nitrogens is 2. The number of nitrogens with zero attached hydrogens (tertiary/aromatic N) is 3. The summed E-state index contributed by atoms with van der Waals surface area (Å²) in [6, 6.07) is 5.07. The highest BCUT2D eigenvalue weighted by Crippen LogP contribution is 2.51. The van der Waals surface area contributed by atoms with Gasteiger partial charge in [0, 0.05) is 17.7 Å². The first-order valence-electron chi connectivity index (χ1n) is 11.8. The molecular weight excluding hydrogens is 494 g/mol. The molecular formula is C26H31N5O5S. The molecule has 0 saturated heterocycles. The fourth-order valence-electron chi connectivity index (χ4n) is 4.57. The number of hydrogen-bond acceptors (Lipinski definition) is 9. The van der Waals surface area contributed by atoms with Crippen LogP contribution in [0.5, 0.6) is 11.6 Å². The quantitative estimate of drug-likeness (QED) is 0.580. The fourth-order valence-corrected chi connectivity index (χ4v) is 7.02. The molecule has 2 aliphatic heterocycles. The number of carbonyl (C=O) groups is 1. The van der Waals surface area contributed by atoms with Crippen LogP contribution in [-0.4, -0.2) is 52.3 Å². The lowest BCUT2D eigenvalue weighted by Gasteiger charge is -2.44. The molecule has 11 heteroatoms. The molecule has 37 heavy (non-hydrogen) atoms. The molecule has 0 aliphatic carbocycles. The molecule has 10 nitrogen and oxygen atoms in total. The van der Waals surface area contributed by atoms with Crippen molar-refractivity contribution in [3.8, 4) is 23.5 Å². The topological polar surface area (TPSA) is 146 Å². The van der Waals surface area contributed by atoms with Gasteiger partial charge in [0.25, 0.3) is 5.91 Å². The van der Waals surface area contributed by atoms with Crippen LogP contribution in [0.1, 0.15) is 64.0 Å². The molecule has 4 rings (SSSR count). The van der Waals surface area contributed by atoms with Gasteiger partial charge in [-0.3, -0.25) is 9.79 Å². The largest absolute Gasteiger partial charge is 0.487 e. The van der Waals surface area contributed by atoms with Crippen molar-refractivity contribution < 1.29 is 22.7 Å². The number of aliphatic imine (C=N–C) groups is 1. The van der Waals surface area contributed by atoms with Crippen molar-refractivity contribution in [2.45, 2.75) is 69.1 Å². The Morgan fingerprint density at radius 1 is 1.22 bits per heavy atom. The molecule has 1 aromatic carbocycles. The first-order valence-corrected chi connectivity index (χ1v) is 13.3. The van der Waals surface area contributed by atoms with Gasteiger partial charge in [0.05, 0.1) is 17.6 Å². The van der Waals surface area contributed by atoms with Gasteiger partial charge in [-0.2, -0.15) is 0 Å². The third-order valence-corrected chi connectivity index (χ3v) is 9.86. The van der Waals surface area contributed by atoms with E-state index in [0.717, 1.165) is 0 Å². The third-order valence-electron chi connectivity index (χ3n) is 6.86. The van der Waals surface area contributed by atoms with Gasteiger partial charge in [-0.1, -0.05) is 5.92 Å². The number of rotatable bonds is 4. The summed E-state index contributed by atoms with van der Waals surface area (Å²) in [6.07, 6.45) is 2.87. The van der Waals surface area contributed by atoms with Crippen LogP contribution >= 0.6 is 0 Å². The van der Waals surface area contributed by atoms with Crippen LogP contribution in [0.3, 0.4) is 0 Å². The number of anilines is 1. The number of fused-ring (bicyclic) bond motifs is 3. The summed E-state index contributed by atoms with van der Waals surface area (Å²) in [7, 11) is -3.76. The Morgan fingerprint density at radius 2 is 1.95 bits per heavy atom. The standard InChI is InChI=1S/C26H31N5O5S/c1-7-8-11-35-21-15-28-18(14-29-21)22(32)30-16-9-10-19-17(12-16)26(6)20(13-24(2,3)36-19)37(33,34)25(4,5)23(27)31-26/h9-10,12,14-15,20H,11,13H2,1-6H3,(H2,27,31)(H,30,32)/t20-,26-/m1/s1. The average molecular weight is 526 g/mol. The van der Waals surface area contributed by atoms with E-state index in [1.165, 1.54) is 12.4 Å². The minimum absolute atomic E-state index is 0.0360. The zero-order valence-electron chi connectivity index (χ0n) is 21.7. The van der Waals surface area contributed by atoms with E-state index in [2.05, 4.69) is 27.1 Å². The number of nitrogens with one attached hydrogen (secondary N) is 1. The SMILES string of the molecule is CC#CCOc1cnc(C(=O)Nc2ccc3c(c2)[C@@]2(C)N=C(N)C(C)(C)S(=O)(=O)[C@@H]2CC(C)(C)O3)cn1. The second-order valence-corrected chi connectivity index (χ2v) is 13.1. The smallest absolute Gasteiger partial charge is 0.275 e. The number of nitrogens with two attached hydrogens (primary N) is 1. The minimum Gasteiger partial charge on any atom is -0.487 e. The molecule has 0 radical (unpaired) electrons. The van der Waals surface area contributed by atoms with E-state index < -0.39 is 36.9 Å². The van der Waals surface area contributed by atoms with Gasteiger partial charge >= 0.3 is 0 Å². The third kappa shape index (κ3) is 4.62. The van der Waals surface area contributed by atoms with E-state index in [0.29, 0.717) is 17.0 Å². The molecule has 2 aromatic rings. The summed E-state index contributed by atoms with van der Waals surface area (Å²) in [5, 5.41) is 1.90. The number of amides is 1. The maximum absolute atomic E-state index is 13.8. The van der Waals surface area contributed by atoms with Crippen LogP contribution in [0.2, 0.25) is 0 Å². The van der Waals surface area contributed by atoms with Gasteiger partial charge in [-0.25, -0.2) is 18.4 Å². The number of sulfone groups is 1. The Hall–Kier alpha value is -3.65. The summed E-state index contributed by atoms with van der Waals surface area (Å²) in [5.41, 5.74) is 5.25. The number of amidine groups is 1. The molecule has 1 aromatic heterocycles. The van der Waals surface area contributed by atoms with E-state index in [1.807, 2.05) is 13.8 Å². The first kappa shape index (κ1) is 26.4. The molecule has 0 unspecified atom stereocenters.